The van der Waals surface area contributed by atoms with Crippen LogP contribution in [0.25, 0.3) is 33.3 Å². The van der Waals surface area contributed by atoms with Gasteiger partial charge in [-0.15, -0.1) is 0 Å². The highest BCUT2D eigenvalue weighted by molar-refractivity contribution is 6.24. The van der Waals surface area contributed by atoms with Crippen LogP contribution in [-0.4, -0.2) is 155 Å². The van der Waals surface area contributed by atoms with Crippen molar-refractivity contribution in [3.05, 3.63) is 71.5 Å². The summed E-state index contributed by atoms with van der Waals surface area (Å²) in [5.41, 5.74) is 8.09. The number of piperidine rings is 1. The number of hydrogen-bond donors (Lipinski definition) is 2. The van der Waals surface area contributed by atoms with E-state index < -0.39 is 40.2 Å². The molecule has 6 heterocycles. The second kappa shape index (κ2) is 21.2. The fraction of sp³-hybridized carbons (Fsp3) is 0.542. The first-order chi connectivity index (χ1) is 36.5. The molecule has 2 aliphatic carbocycles. The maximum absolute atomic E-state index is 15.1. The minimum absolute atomic E-state index is 0.0206. The standard InChI is InChI=1S/C59H72N8O9/c1-8-66-48-17-16-39-28-44(48)45(52(66)43-13-11-18-60-47(43)34-74-7)31-57(4,5)36-76-54(71)46-14-12-20-67(62-46)56(73)58(29-38-25-40(39)27-42(68)26-38)32-49(58)61-53(70)51(37(2)3)63(6)55(72)59-30-41(59)33-65(35-59)50(69)15-9-10-19-64-21-23-75-24-22-64/h11,13,16-18,25-28,37,41,46,51,62,68H,8,10,12,14,19-24,29-36H2,1-7H3/t41?,46-,51-,58?,59-/m0/s1. The van der Waals surface area contributed by atoms with E-state index in [9.17, 15) is 24.3 Å². The fourth-order valence-electron chi connectivity index (χ4n) is 12.5. The number of aryl methyl sites for hydroxylation is 1. The topological polar surface area (TPSA) is 188 Å². The lowest BCUT2D eigenvalue weighted by Crippen LogP contribution is -2.57. The van der Waals surface area contributed by atoms with Crippen molar-refractivity contribution >= 4 is 46.2 Å². The van der Waals surface area contributed by atoms with Gasteiger partial charge in [-0.3, -0.25) is 38.9 Å². The predicted octanol–water partition coefficient (Wildman–Crippen LogP) is 5.82. The first-order valence-electron chi connectivity index (χ1n) is 27.1. The van der Waals surface area contributed by atoms with Crippen LogP contribution in [0.3, 0.4) is 0 Å². The highest BCUT2D eigenvalue weighted by Gasteiger charge is 2.67. The summed E-state index contributed by atoms with van der Waals surface area (Å²) in [6.07, 6.45) is 4.77. The molecule has 10 rings (SSSR count). The normalized spacial score (nSPS) is 25.2. The molecule has 5 atom stereocenters. The van der Waals surface area contributed by atoms with Gasteiger partial charge in [0.2, 0.25) is 11.8 Å². The van der Waals surface area contributed by atoms with Crippen LogP contribution < -0.4 is 5.43 Å². The largest absolute Gasteiger partial charge is 0.508 e. The van der Waals surface area contributed by atoms with E-state index in [0.29, 0.717) is 82.8 Å². The monoisotopic (exact) mass is 1040 g/mol. The number of esters is 1. The Balaban J connectivity index is 0.958. The molecular formula is C59H72N8O9. The fourth-order valence-corrected chi connectivity index (χ4v) is 12.5. The van der Waals surface area contributed by atoms with E-state index in [1.807, 2.05) is 32.0 Å². The summed E-state index contributed by atoms with van der Waals surface area (Å²) in [4.78, 5) is 86.5. The number of amides is 4. The van der Waals surface area contributed by atoms with Crippen LogP contribution in [0, 0.1) is 39.9 Å². The van der Waals surface area contributed by atoms with Gasteiger partial charge in [-0.2, -0.15) is 0 Å². The predicted molar refractivity (Wildman–Crippen MR) is 286 cm³/mol. The Bertz CT molecular complexity index is 3060. The maximum atomic E-state index is 15.1. The summed E-state index contributed by atoms with van der Waals surface area (Å²) < 4.78 is 19.5. The summed E-state index contributed by atoms with van der Waals surface area (Å²) in [6.45, 7) is 16.0. The summed E-state index contributed by atoms with van der Waals surface area (Å²) in [5.74, 6) is 3.66. The Hall–Kier alpha value is -6.45. The van der Waals surface area contributed by atoms with Crippen molar-refractivity contribution in [1.29, 1.82) is 0 Å². The van der Waals surface area contributed by atoms with Crippen LogP contribution in [-0.2, 0) is 64.2 Å². The molecule has 2 saturated carbocycles. The molecule has 3 saturated heterocycles. The number of aromatic hydroxyl groups is 1. The number of morpholine rings is 1. The summed E-state index contributed by atoms with van der Waals surface area (Å²) in [5, 5.41) is 14.0. The first-order valence-corrected chi connectivity index (χ1v) is 27.1. The van der Waals surface area contributed by atoms with Crippen molar-refractivity contribution in [3.63, 3.8) is 0 Å². The number of aliphatic imine (C=N–C) groups is 1. The summed E-state index contributed by atoms with van der Waals surface area (Å²) in [7, 11) is 3.30. The molecule has 2 unspecified atom stereocenters. The van der Waals surface area contributed by atoms with Crippen LogP contribution in [0.1, 0.15) is 83.5 Å². The molecule has 6 bridgehead atoms. The Morgan fingerprint density at radius 2 is 1.84 bits per heavy atom. The minimum Gasteiger partial charge on any atom is -0.508 e. The van der Waals surface area contributed by atoms with Crippen molar-refractivity contribution in [2.75, 3.05) is 73.2 Å². The van der Waals surface area contributed by atoms with Crippen LogP contribution in [0.15, 0.2) is 59.7 Å². The van der Waals surface area contributed by atoms with E-state index >= 15 is 4.79 Å². The van der Waals surface area contributed by atoms with Gasteiger partial charge in [0, 0.05) is 107 Å². The third kappa shape index (κ3) is 10.3. The van der Waals surface area contributed by atoms with E-state index in [2.05, 4.69) is 65.7 Å². The number of likely N-dealkylation sites (tertiary alicyclic amines) is 1. The van der Waals surface area contributed by atoms with Gasteiger partial charge in [-0.1, -0.05) is 45.7 Å². The molecule has 1 spiro atoms. The van der Waals surface area contributed by atoms with Crippen LogP contribution in [0.5, 0.6) is 5.75 Å². The third-order valence-electron chi connectivity index (χ3n) is 16.6. The van der Waals surface area contributed by atoms with E-state index in [-0.39, 0.29) is 61.3 Å². The number of aromatic nitrogens is 2. The number of carbonyl (C=O) groups excluding carboxylic acids is 5. The number of phenolic OH excluding ortho intramolecular Hbond substituents is 1. The summed E-state index contributed by atoms with van der Waals surface area (Å²) in [6, 6.07) is 13.9. The number of nitrogens with zero attached hydrogens (tertiary/aromatic N) is 7. The molecule has 4 amide bonds. The minimum atomic E-state index is -1.29. The Morgan fingerprint density at radius 3 is 2.61 bits per heavy atom. The second-order valence-electron chi connectivity index (χ2n) is 23.0. The molecule has 5 fully saturated rings. The number of carbonyl (C=O) groups is 5. The van der Waals surface area contributed by atoms with Gasteiger partial charge >= 0.3 is 5.97 Å². The molecule has 4 aromatic rings. The number of likely N-dealkylation sites (N-methyl/N-ethyl adjacent to an activating group) is 1. The van der Waals surface area contributed by atoms with Gasteiger partial charge in [0.25, 0.3) is 11.8 Å². The molecule has 2 N–H and O–H groups in total. The SMILES string of the molecule is CCn1c(-c2cccnc2COC)c2c3cc(ccc31)-c1cc(O)cc(c1)CC1(CC1=NC(=O)[C@H](C(C)C)N(C)C(=O)[C@]13CC1CN(C(=O)C#CCCN1CCOCC1)C3)C(=O)N1CCC[C@H](N1)C(=O)OCC(C)(C)C2. The number of phenols is 1. The zero-order valence-electron chi connectivity index (χ0n) is 45.1. The maximum Gasteiger partial charge on any atom is 0.324 e. The average Bonchev–Trinajstić information content (AvgIpc) is 4.25. The van der Waals surface area contributed by atoms with Gasteiger partial charge in [0.15, 0.2) is 0 Å². The van der Waals surface area contributed by atoms with Crippen molar-refractivity contribution in [2.24, 2.45) is 33.1 Å². The van der Waals surface area contributed by atoms with Crippen molar-refractivity contribution in [2.45, 2.75) is 105 Å². The zero-order chi connectivity index (χ0) is 53.7. The van der Waals surface area contributed by atoms with Gasteiger partial charge in [-0.25, -0.2) is 10.4 Å². The Kier molecular flexibility index (Phi) is 14.8. The molecule has 6 aliphatic rings. The highest BCUT2D eigenvalue weighted by Crippen LogP contribution is 2.59. The highest BCUT2D eigenvalue weighted by atomic mass is 16.5. The van der Waals surface area contributed by atoms with Crippen LogP contribution in [0.4, 0.5) is 0 Å². The van der Waals surface area contributed by atoms with Gasteiger partial charge in [-0.05, 0) is 115 Å². The molecule has 402 valence electrons. The lowest BCUT2D eigenvalue weighted by atomic mass is 9.84. The van der Waals surface area contributed by atoms with E-state index in [4.69, 9.17) is 24.2 Å². The molecule has 76 heavy (non-hydrogen) atoms. The van der Waals surface area contributed by atoms with Crippen molar-refractivity contribution in [1.82, 2.24) is 34.7 Å². The second-order valence-corrected chi connectivity index (χ2v) is 23.0. The van der Waals surface area contributed by atoms with E-state index in [1.165, 1.54) is 9.91 Å². The number of pyridine rings is 1. The van der Waals surface area contributed by atoms with Gasteiger partial charge < -0.3 is 33.7 Å². The number of fused-ring (bicyclic) bond motifs is 7. The average molecular weight is 1040 g/mol. The Labute approximate surface area is 445 Å². The molecule has 17 heteroatoms. The lowest BCUT2D eigenvalue weighted by molar-refractivity contribution is -0.155. The van der Waals surface area contributed by atoms with Crippen molar-refractivity contribution < 1.29 is 43.3 Å². The lowest BCUT2D eigenvalue weighted by Gasteiger charge is -2.35. The molecule has 17 nitrogen and oxygen atoms in total. The van der Waals surface area contributed by atoms with Gasteiger partial charge in [0.1, 0.15) is 17.8 Å². The molecule has 4 aliphatic heterocycles. The molecular weight excluding hydrogens is 965 g/mol. The van der Waals surface area contributed by atoms with E-state index in [1.54, 1.807) is 37.4 Å². The number of nitrogens with one attached hydrogen (secondary N) is 1. The number of hydrazine groups is 1. The van der Waals surface area contributed by atoms with Crippen LogP contribution >= 0.6 is 0 Å². The number of rotatable bonds is 10. The number of benzene rings is 2. The first kappa shape index (κ1) is 53.0. The van der Waals surface area contributed by atoms with E-state index in [0.717, 1.165) is 64.2 Å². The zero-order valence-corrected chi connectivity index (χ0v) is 45.1. The third-order valence-corrected chi connectivity index (χ3v) is 16.6. The van der Waals surface area contributed by atoms with Crippen LogP contribution in [0.2, 0.25) is 0 Å². The number of ether oxygens (including phenoxy) is 3. The molecule has 0 radical (unpaired) electrons. The van der Waals surface area contributed by atoms with Crippen molar-refractivity contribution in [3.8, 4) is 40.0 Å². The Morgan fingerprint density at radius 1 is 1.04 bits per heavy atom. The molecule has 2 aromatic heterocycles. The summed E-state index contributed by atoms with van der Waals surface area (Å²) >= 11 is 0. The number of methoxy groups -OCH3 is 1. The number of cyclic esters (lactones) is 1. The quantitative estimate of drug-likeness (QED) is 0.143. The van der Waals surface area contributed by atoms with Gasteiger partial charge in [0.05, 0.1) is 48.6 Å². The number of hydrogen-bond acceptors (Lipinski definition) is 12. The molecule has 2 aromatic carbocycles. The smallest absolute Gasteiger partial charge is 0.324 e.